The van der Waals surface area contributed by atoms with Crippen molar-refractivity contribution in [1.82, 2.24) is 0 Å². The Morgan fingerprint density at radius 2 is 1.64 bits per heavy atom. The van der Waals surface area contributed by atoms with Crippen LogP contribution in [0.15, 0.2) is 54.6 Å². The van der Waals surface area contributed by atoms with Gasteiger partial charge in [-0.3, -0.25) is 4.79 Å². The first-order chi connectivity index (χ1) is 17.4. The Morgan fingerprint density at radius 3 is 2.33 bits per heavy atom. The number of amides is 1. The average Bonchev–Trinajstić information content (AvgIpc) is 2.88. The van der Waals surface area contributed by atoms with Crippen LogP contribution in [0.2, 0.25) is 10.0 Å². The van der Waals surface area contributed by atoms with Gasteiger partial charge >= 0.3 is 0 Å². The highest BCUT2D eigenvalue weighted by molar-refractivity contribution is 6.33. The van der Waals surface area contributed by atoms with E-state index in [-0.39, 0.29) is 12.5 Å². The number of hydrogen-bond acceptors (Lipinski definition) is 5. The van der Waals surface area contributed by atoms with Gasteiger partial charge < -0.3 is 25.0 Å². The summed E-state index contributed by atoms with van der Waals surface area (Å²) in [6.45, 7) is 4.39. The molecule has 36 heavy (non-hydrogen) atoms. The van der Waals surface area contributed by atoms with Gasteiger partial charge in [0, 0.05) is 42.1 Å². The van der Waals surface area contributed by atoms with Crippen molar-refractivity contribution >= 4 is 46.2 Å². The Labute approximate surface area is 222 Å². The number of halogens is 2. The zero-order valence-corrected chi connectivity index (χ0v) is 22.1. The molecule has 0 bridgehead atoms. The van der Waals surface area contributed by atoms with E-state index in [0.29, 0.717) is 28.8 Å². The number of nitrogens with zero attached hydrogens (tertiary/aromatic N) is 1. The minimum Gasteiger partial charge on any atom is -0.493 e. The molecule has 0 aromatic heterocycles. The number of methoxy groups -OCH3 is 1. The number of aryl methyl sites for hydroxylation is 1. The summed E-state index contributed by atoms with van der Waals surface area (Å²) in [6, 6.07) is 17.1. The van der Waals surface area contributed by atoms with Crippen LogP contribution in [0.5, 0.6) is 11.5 Å². The third-order valence-electron chi connectivity index (χ3n) is 6.15. The Hall–Kier alpha value is -3.09. The van der Waals surface area contributed by atoms with Gasteiger partial charge in [-0.1, -0.05) is 40.9 Å². The summed E-state index contributed by atoms with van der Waals surface area (Å²) in [5, 5.41) is 7.43. The lowest BCUT2D eigenvalue weighted by Crippen LogP contribution is -2.29. The molecular formula is C28H31Cl2N3O3. The fourth-order valence-corrected chi connectivity index (χ4v) is 4.69. The summed E-state index contributed by atoms with van der Waals surface area (Å²) in [5.41, 5.74) is 4.65. The van der Waals surface area contributed by atoms with Gasteiger partial charge in [-0.2, -0.15) is 0 Å². The van der Waals surface area contributed by atoms with Crippen molar-refractivity contribution in [3.8, 4) is 11.5 Å². The Kier molecular flexibility index (Phi) is 8.83. The molecule has 3 aromatic rings. The van der Waals surface area contributed by atoms with Gasteiger partial charge in [-0.25, -0.2) is 0 Å². The van der Waals surface area contributed by atoms with E-state index in [1.165, 1.54) is 19.3 Å². The van der Waals surface area contributed by atoms with E-state index in [9.17, 15) is 4.79 Å². The van der Waals surface area contributed by atoms with Crippen LogP contribution in [-0.4, -0.2) is 32.7 Å². The Balaban J connectivity index is 1.36. The van der Waals surface area contributed by atoms with Gasteiger partial charge in [0.15, 0.2) is 18.1 Å². The molecule has 1 aliphatic heterocycles. The van der Waals surface area contributed by atoms with E-state index in [4.69, 9.17) is 32.7 Å². The molecule has 0 unspecified atom stereocenters. The molecule has 0 spiro atoms. The van der Waals surface area contributed by atoms with E-state index in [2.05, 4.69) is 21.6 Å². The number of nitrogens with one attached hydrogen (secondary N) is 2. The van der Waals surface area contributed by atoms with Crippen LogP contribution < -0.4 is 25.0 Å². The van der Waals surface area contributed by atoms with E-state index in [0.717, 1.165) is 40.6 Å². The predicted molar refractivity (Wildman–Crippen MR) is 148 cm³/mol. The number of rotatable bonds is 9. The summed E-state index contributed by atoms with van der Waals surface area (Å²) in [7, 11) is 1.55. The Bertz CT molecular complexity index is 1200. The van der Waals surface area contributed by atoms with Crippen molar-refractivity contribution < 1.29 is 14.3 Å². The van der Waals surface area contributed by atoms with E-state index < -0.39 is 0 Å². The van der Waals surface area contributed by atoms with Crippen molar-refractivity contribution in [1.29, 1.82) is 0 Å². The molecule has 0 atom stereocenters. The first-order valence-corrected chi connectivity index (χ1v) is 12.8. The van der Waals surface area contributed by atoms with Crippen LogP contribution in [0, 0.1) is 6.92 Å². The molecule has 2 N–H and O–H groups in total. The topological polar surface area (TPSA) is 62.8 Å². The maximum Gasteiger partial charge on any atom is 0.262 e. The molecule has 3 aromatic carbocycles. The van der Waals surface area contributed by atoms with Crippen LogP contribution in [0.3, 0.4) is 0 Å². The van der Waals surface area contributed by atoms with Crippen molar-refractivity contribution in [2.75, 3.05) is 42.3 Å². The Morgan fingerprint density at radius 1 is 0.917 bits per heavy atom. The number of carbonyl (C=O) groups excluding carboxylic acids is 1. The van der Waals surface area contributed by atoms with Gasteiger partial charge in [0.2, 0.25) is 0 Å². The highest BCUT2D eigenvalue weighted by atomic mass is 35.5. The fraction of sp³-hybridized carbons (Fsp3) is 0.321. The van der Waals surface area contributed by atoms with E-state index in [1.807, 2.05) is 49.4 Å². The van der Waals surface area contributed by atoms with Crippen LogP contribution in [0.4, 0.5) is 17.1 Å². The molecule has 8 heteroatoms. The number of anilines is 3. The average molecular weight is 528 g/mol. The zero-order valence-electron chi connectivity index (χ0n) is 20.6. The largest absolute Gasteiger partial charge is 0.493 e. The molecule has 1 saturated heterocycles. The second kappa shape index (κ2) is 12.2. The summed E-state index contributed by atoms with van der Waals surface area (Å²) < 4.78 is 11.2. The summed E-state index contributed by atoms with van der Waals surface area (Å²) in [6.07, 6.45) is 3.68. The molecule has 1 aliphatic rings. The molecule has 0 aliphatic carbocycles. The molecule has 0 radical (unpaired) electrons. The minimum absolute atomic E-state index is 0.167. The molecule has 1 fully saturated rings. The third kappa shape index (κ3) is 6.77. The second-order valence-corrected chi connectivity index (χ2v) is 9.68. The van der Waals surface area contributed by atoms with Crippen molar-refractivity contribution in [2.45, 2.75) is 32.7 Å². The number of ether oxygens (including phenoxy) is 2. The summed E-state index contributed by atoms with van der Waals surface area (Å²) >= 11 is 13.1. The number of benzene rings is 3. The summed E-state index contributed by atoms with van der Waals surface area (Å²) in [5.74, 6) is 0.629. The number of carbonyl (C=O) groups is 1. The van der Waals surface area contributed by atoms with Crippen LogP contribution in [-0.2, 0) is 11.3 Å². The van der Waals surface area contributed by atoms with Gasteiger partial charge in [0.1, 0.15) is 0 Å². The fourth-order valence-electron chi connectivity index (χ4n) is 4.17. The predicted octanol–water partition coefficient (Wildman–Crippen LogP) is 6.93. The smallest absolute Gasteiger partial charge is 0.262 e. The van der Waals surface area contributed by atoms with Crippen LogP contribution in [0.1, 0.15) is 30.4 Å². The highest BCUT2D eigenvalue weighted by Crippen LogP contribution is 2.35. The summed E-state index contributed by atoms with van der Waals surface area (Å²) in [4.78, 5) is 14.6. The maximum atomic E-state index is 12.3. The monoisotopic (exact) mass is 527 g/mol. The first kappa shape index (κ1) is 26.0. The minimum atomic E-state index is -0.271. The van der Waals surface area contributed by atoms with E-state index >= 15 is 0 Å². The lowest BCUT2D eigenvalue weighted by atomic mass is 10.1. The van der Waals surface area contributed by atoms with Gasteiger partial charge in [0.05, 0.1) is 17.8 Å². The number of hydrogen-bond donors (Lipinski definition) is 2. The van der Waals surface area contributed by atoms with Crippen molar-refractivity contribution in [3.63, 3.8) is 0 Å². The molecular weight excluding hydrogens is 497 g/mol. The lowest BCUT2D eigenvalue weighted by molar-refractivity contribution is -0.118. The maximum absolute atomic E-state index is 12.3. The van der Waals surface area contributed by atoms with Crippen molar-refractivity contribution in [2.24, 2.45) is 0 Å². The quantitative estimate of drug-likeness (QED) is 0.315. The van der Waals surface area contributed by atoms with Crippen LogP contribution >= 0.6 is 23.2 Å². The highest BCUT2D eigenvalue weighted by Gasteiger charge is 2.15. The lowest BCUT2D eigenvalue weighted by Gasteiger charge is -2.29. The third-order valence-corrected chi connectivity index (χ3v) is 6.81. The normalized spacial score (nSPS) is 13.3. The standard InChI is InChI=1S/C28H31Cl2N3O3/c1-19-6-8-21(9-7-19)32-28(34)18-36-27-16-23(29)20(14-26(27)35-2)17-31-22-10-11-25(24(30)15-22)33-12-4-3-5-13-33/h6-11,14-16,31H,3-5,12-13,17-18H2,1-2H3,(H,32,34). The first-order valence-electron chi connectivity index (χ1n) is 12.1. The van der Waals surface area contributed by atoms with Crippen LogP contribution in [0.25, 0.3) is 0 Å². The van der Waals surface area contributed by atoms with Crippen molar-refractivity contribution in [3.05, 3.63) is 75.8 Å². The number of piperidine rings is 1. The second-order valence-electron chi connectivity index (χ2n) is 8.86. The molecule has 1 heterocycles. The molecule has 0 saturated carbocycles. The van der Waals surface area contributed by atoms with Gasteiger partial charge in [-0.15, -0.1) is 0 Å². The molecule has 4 rings (SSSR count). The SMILES string of the molecule is COc1cc(CNc2ccc(N3CCCCC3)c(Cl)c2)c(Cl)cc1OCC(=O)Nc1ccc(C)cc1. The zero-order chi connectivity index (χ0) is 25.5. The van der Waals surface area contributed by atoms with E-state index in [1.54, 1.807) is 13.2 Å². The van der Waals surface area contributed by atoms with Gasteiger partial charge in [0.25, 0.3) is 5.91 Å². The molecule has 6 nitrogen and oxygen atoms in total. The molecule has 190 valence electrons. The molecule has 1 amide bonds. The van der Waals surface area contributed by atoms with Gasteiger partial charge in [-0.05, 0) is 68.1 Å².